The molecule has 3 rings (SSSR count). The van der Waals surface area contributed by atoms with E-state index in [1.165, 1.54) is 64.2 Å². The van der Waals surface area contributed by atoms with Crippen molar-refractivity contribution < 1.29 is 14.9 Å². The lowest BCUT2D eigenvalue weighted by Crippen LogP contribution is -2.24. The van der Waals surface area contributed by atoms with Crippen LogP contribution in [0.15, 0.2) is 24.3 Å². The van der Waals surface area contributed by atoms with Crippen molar-refractivity contribution in [3.8, 4) is 5.75 Å². The highest BCUT2D eigenvalue weighted by Crippen LogP contribution is 2.40. The normalized spacial score (nSPS) is 29.4. The summed E-state index contributed by atoms with van der Waals surface area (Å²) >= 11 is 0. The Morgan fingerprint density at radius 1 is 0.821 bits per heavy atom. The maximum absolute atomic E-state index is 9.57. The fraction of sp³-hybridized carbons (Fsp3) is 0.760. The predicted molar refractivity (Wildman–Crippen MR) is 115 cm³/mol. The molecule has 1 N–H and O–H groups in total. The van der Waals surface area contributed by atoms with Gasteiger partial charge in [0.05, 0.1) is 6.10 Å². The van der Waals surface area contributed by atoms with E-state index in [0.29, 0.717) is 12.0 Å². The molecule has 0 aliphatic heterocycles. The minimum Gasteiger partial charge on any atom is -0.490 e. The largest absolute Gasteiger partial charge is 0.490 e. The second kappa shape index (κ2) is 11.2. The van der Waals surface area contributed by atoms with Gasteiger partial charge in [-0.2, -0.15) is 0 Å². The summed E-state index contributed by atoms with van der Waals surface area (Å²) in [6.45, 7) is 4.55. The van der Waals surface area contributed by atoms with Crippen molar-refractivity contribution in [2.45, 2.75) is 103 Å². The van der Waals surface area contributed by atoms with Gasteiger partial charge in [0, 0.05) is 0 Å². The smallest absolute Gasteiger partial charge is 0.120 e. The molecule has 0 radical (unpaired) electrons. The van der Waals surface area contributed by atoms with Gasteiger partial charge in [-0.1, -0.05) is 64.5 Å². The molecule has 3 nitrogen and oxygen atoms in total. The first-order valence-electron chi connectivity index (χ1n) is 11.8. The third-order valence-corrected chi connectivity index (χ3v) is 7.13. The molecule has 2 fully saturated rings. The van der Waals surface area contributed by atoms with Gasteiger partial charge in [0.15, 0.2) is 0 Å². The first-order valence-corrected chi connectivity index (χ1v) is 11.8. The Kier molecular flexibility index (Phi) is 8.66. The number of ether oxygens (including phenoxy) is 1. The molecule has 28 heavy (non-hydrogen) atoms. The number of hydrogen-bond donors (Lipinski definition) is 1. The Labute approximate surface area is 171 Å². The van der Waals surface area contributed by atoms with E-state index in [2.05, 4.69) is 38.1 Å². The second-order valence-corrected chi connectivity index (χ2v) is 9.21. The number of rotatable bonds is 9. The van der Waals surface area contributed by atoms with E-state index in [4.69, 9.17) is 9.62 Å². The SMILES string of the molecule is CCCC1CCC(Oc2ccc(C(OO)C3CCC(CCC)CC3)cc2)CC1. The monoisotopic (exact) mass is 388 g/mol. The van der Waals surface area contributed by atoms with E-state index in [1.54, 1.807) is 0 Å². The molecule has 3 heteroatoms. The molecule has 2 aliphatic carbocycles. The van der Waals surface area contributed by atoms with Crippen LogP contribution >= 0.6 is 0 Å². The molecule has 2 aliphatic rings. The summed E-state index contributed by atoms with van der Waals surface area (Å²) in [5.41, 5.74) is 1.07. The van der Waals surface area contributed by atoms with Crippen LogP contribution in [0.4, 0.5) is 0 Å². The van der Waals surface area contributed by atoms with Crippen molar-refractivity contribution in [1.29, 1.82) is 0 Å². The van der Waals surface area contributed by atoms with Gasteiger partial charge in [0.1, 0.15) is 11.9 Å². The van der Waals surface area contributed by atoms with Gasteiger partial charge < -0.3 is 4.74 Å². The summed E-state index contributed by atoms with van der Waals surface area (Å²) in [5, 5.41) is 9.57. The van der Waals surface area contributed by atoms with Gasteiger partial charge in [-0.3, -0.25) is 5.26 Å². The molecule has 1 atom stereocenters. The zero-order chi connectivity index (χ0) is 19.8. The van der Waals surface area contributed by atoms with Crippen molar-refractivity contribution in [2.24, 2.45) is 17.8 Å². The Balaban J connectivity index is 1.50. The zero-order valence-corrected chi connectivity index (χ0v) is 17.9. The van der Waals surface area contributed by atoms with E-state index >= 15 is 0 Å². The second-order valence-electron chi connectivity index (χ2n) is 9.21. The van der Waals surface area contributed by atoms with Gasteiger partial charge in [-0.05, 0) is 74.0 Å². The van der Waals surface area contributed by atoms with Gasteiger partial charge in [0.25, 0.3) is 0 Å². The molecule has 0 amide bonds. The van der Waals surface area contributed by atoms with Crippen molar-refractivity contribution in [3.63, 3.8) is 0 Å². The molecule has 1 unspecified atom stereocenters. The minimum atomic E-state index is -0.207. The lowest BCUT2D eigenvalue weighted by atomic mass is 9.76. The van der Waals surface area contributed by atoms with Gasteiger partial charge in [0.2, 0.25) is 0 Å². The van der Waals surface area contributed by atoms with E-state index in [9.17, 15) is 5.26 Å². The van der Waals surface area contributed by atoms with E-state index in [-0.39, 0.29) is 6.10 Å². The Morgan fingerprint density at radius 3 is 1.86 bits per heavy atom. The molecule has 0 bridgehead atoms. The fourth-order valence-electron chi connectivity index (χ4n) is 5.48. The zero-order valence-electron chi connectivity index (χ0n) is 17.9. The maximum Gasteiger partial charge on any atom is 0.120 e. The van der Waals surface area contributed by atoms with Crippen LogP contribution < -0.4 is 4.74 Å². The van der Waals surface area contributed by atoms with Crippen LogP contribution in [0.1, 0.15) is 103 Å². The van der Waals surface area contributed by atoms with Crippen LogP contribution in [0.25, 0.3) is 0 Å². The van der Waals surface area contributed by atoms with E-state index < -0.39 is 0 Å². The van der Waals surface area contributed by atoms with Crippen molar-refractivity contribution in [1.82, 2.24) is 0 Å². The first-order chi connectivity index (χ1) is 13.7. The predicted octanol–water partition coefficient (Wildman–Crippen LogP) is 7.56. The average molecular weight is 389 g/mol. The molecule has 0 heterocycles. The van der Waals surface area contributed by atoms with Crippen LogP contribution in [-0.4, -0.2) is 11.4 Å². The summed E-state index contributed by atoms with van der Waals surface area (Å²) in [5.74, 6) is 3.13. The number of benzene rings is 1. The third-order valence-electron chi connectivity index (χ3n) is 7.13. The first kappa shape index (κ1) is 21.6. The highest BCUT2D eigenvalue weighted by molar-refractivity contribution is 5.29. The van der Waals surface area contributed by atoms with Crippen molar-refractivity contribution >= 4 is 0 Å². The molecule has 0 saturated heterocycles. The van der Waals surface area contributed by atoms with Crippen molar-refractivity contribution in [2.75, 3.05) is 0 Å². The van der Waals surface area contributed by atoms with Crippen LogP contribution in [0.2, 0.25) is 0 Å². The summed E-state index contributed by atoms with van der Waals surface area (Å²) in [6.07, 6.45) is 15.2. The van der Waals surface area contributed by atoms with Gasteiger partial charge in [-0.25, -0.2) is 4.89 Å². The van der Waals surface area contributed by atoms with E-state index in [0.717, 1.165) is 36.0 Å². The molecule has 158 valence electrons. The molecule has 2 saturated carbocycles. The molecule has 1 aromatic rings. The quantitative estimate of drug-likeness (QED) is 0.350. The highest BCUT2D eigenvalue weighted by atomic mass is 17.1. The lowest BCUT2D eigenvalue weighted by molar-refractivity contribution is -0.296. The van der Waals surface area contributed by atoms with Gasteiger partial charge >= 0.3 is 0 Å². The number of hydrogen-bond acceptors (Lipinski definition) is 3. The third kappa shape index (κ3) is 5.97. The molecular formula is C25H40O3. The van der Waals surface area contributed by atoms with Crippen molar-refractivity contribution in [3.05, 3.63) is 29.8 Å². The molecular weight excluding hydrogens is 348 g/mol. The summed E-state index contributed by atoms with van der Waals surface area (Å²) in [4.78, 5) is 4.95. The topological polar surface area (TPSA) is 38.7 Å². The Hall–Kier alpha value is -1.06. The van der Waals surface area contributed by atoms with Crippen LogP contribution in [0.3, 0.4) is 0 Å². The van der Waals surface area contributed by atoms with Crippen LogP contribution in [0.5, 0.6) is 5.75 Å². The average Bonchev–Trinajstić information content (AvgIpc) is 2.73. The molecule has 1 aromatic carbocycles. The standard InChI is InChI=1S/C25H40O3/c1-3-5-19-7-11-21(12-8-19)25(28-26)22-13-17-24(18-14-22)27-23-15-9-20(6-4-2)10-16-23/h13-14,17-21,23,25-26H,3-12,15-16H2,1-2H3. The van der Waals surface area contributed by atoms with E-state index in [1.807, 2.05) is 0 Å². The lowest BCUT2D eigenvalue weighted by Gasteiger charge is -2.32. The fourth-order valence-corrected chi connectivity index (χ4v) is 5.48. The summed E-state index contributed by atoms with van der Waals surface area (Å²) in [6, 6.07) is 8.28. The summed E-state index contributed by atoms with van der Waals surface area (Å²) in [7, 11) is 0. The maximum atomic E-state index is 9.57. The van der Waals surface area contributed by atoms with Gasteiger partial charge in [-0.15, -0.1) is 0 Å². The summed E-state index contributed by atoms with van der Waals surface area (Å²) < 4.78 is 6.23. The minimum absolute atomic E-state index is 0.207. The molecule has 0 spiro atoms. The van der Waals surface area contributed by atoms with Crippen LogP contribution in [-0.2, 0) is 4.89 Å². The Morgan fingerprint density at radius 2 is 1.36 bits per heavy atom. The Bertz CT molecular complexity index is 539. The van der Waals surface area contributed by atoms with Crippen LogP contribution in [0, 0.1) is 17.8 Å². The highest BCUT2D eigenvalue weighted by Gasteiger charge is 2.29. The molecule has 0 aromatic heterocycles.